The quantitative estimate of drug-likeness (QED) is 0.215. The number of hydrogen-bond donors (Lipinski definition) is 0. The predicted octanol–water partition coefficient (Wildman–Crippen LogP) is 10.3. The summed E-state index contributed by atoms with van der Waals surface area (Å²) >= 11 is 0. The van der Waals surface area contributed by atoms with Gasteiger partial charge >= 0.3 is 0 Å². The van der Waals surface area contributed by atoms with Crippen LogP contribution in [-0.4, -0.2) is 14.0 Å². The van der Waals surface area contributed by atoms with Gasteiger partial charge in [-0.3, -0.25) is 4.40 Å². The number of nitrogens with zero attached hydrogens (tertiary/aromatic N) is 3. The Hall–Kier alpha value is -5.87. The molecule has 0 N–H and O–H groups in total. The van der Waals surface area contributed by atoms with Crippen molar-refractivity contribution in [3.05, 3.63) is 140 Å². The van der Waals surface area contributed by atoms with Gasteiger partial charge in [0.2, 0.25) is 0 Å². The van der Waals surface area contributed by atoms with E-state index in [4.69, 9.17) is 9.40 Å². The van der Waals surface area contributed by atoms with Crippen molar-refractivity contribution in [3.63, 3.8) is 0 Å². The van der Waals surface area contributed by atoms with Crippen molar-refractivity contribution in [2.75, 3.05) is 0 Å². The average molecular weight is 550 g/mol. The van der Waals surface area contributed by atoms with E-state index >= 15 is 0 Å². The van der Waals surface area contributed by atoms with Crippen LogP contribution in [-0.2, 0) is 0 Å². The van der Waals surface area contributed by atoms with Gasteiger partial charge in [0.15, 0.2) is 0 Å². The Morgan fingerprint density at radius 2 is 1.26 bits per heavy atom. The molecule has 43 heavy (non-hydrogen) atoms. The SMILES string of the molecule is c1ccc2c(-c3ccc4oc5ccccc5c4c3)cc(-n3c4ccccc4c4c3ccc3nc5ccccc5n34)cc2c1. The third-order valence-corrected chi connectivity index (χ3v) is 8.88. The molecule has 0 radical (unpaired) electrons. The maximum Gasteiger partial charge on any atom is 0.138 e. The standard InChI is InChI=1S/C39H23N3O/c1-2-10-27-24(9-1)21-26(23-30(27)25-17-19-37-31(22-25)28-11-4-8-16-36(28)43-37)41-33-14-6-3-12-29(33)39-35(41)18-20-38-40-32-13-5-7-15-34(32)42(38)39/h1-23H. The van der Waals surface area contributed by atoms with E-state index in [9.17, 15) is 0 Å². The second-order valence-electron chi connectivity index (χ2n) is 11.2. The highest BCUT2D eigenvalue weighted by atomic mass is 16.3. The van der Waals surface area contributed by atoms with Gasteiger partial charge in [-0.2, -0.15) is 0 Å². The van der Waals surface area contributed by atoms with Crippen LogP contribution in [0.4, 0.5) is 0 Å². The first-order valence-corrected chi connectivity index (χ1v) is 14.6. The van der Waals surface area contributed by atoms with E-state index in [1.54, 1.807) is 0 Å². The van der Waals surface area contributed by atoms with Gasteiger partial charge in [0.05, 0.1) is 27.6 Å². The summed E-state index contributed by atoms with van der Waals surface area (Å²) < 4.78 is 10.9. The Kier molecular flexibility index (Phi) is 4.42. The summed E-state index contributed by atoms with van der Waals surface area (Å²) in [6.45, 7) is 0. The first-order valence-electron chi connectivity index (χ1n) is 14.6. The lowest BCUT2D eigenvalue weighted by molar-refractivity contribution is 0.669. The maximum atomic E-state index is 6.16. The zero-order valence-electron chi connectivity index (χ0n) is 23.0. The topological polar surface area (TPSA) is 35.4 Å². The lowest BCUT2D eigenvalue weighted by Crippen LogP contribution is -1.96. The van der Waals surface area contributed by atoms with Gasteiger partial charge in [0, 0.05) is 21.8 Å². The molecule has 4 heterocycles. The molecule has 4 heteroatoms. The van der Waals surface area contributed by atoms with Crippen molar-refractivity contribution >= 4 is 71.3 Å². The smallest absolute Gasteiger partial charge is 0.138 e. The van der Waals surface area contributed by atoms with Crippen LogP contribution >= 0.6 is 0 Å². The number of furan rings is 1. The second kappa shape index (κ2) is 8.34. The first kappa shape index (κ1) is 22.8. The van der Waals surface area contributed by atoms with E-state index < -0.39 is 0 Å². The molecular formula is C39H23N3O. The third-order valence-electron chi connectivity index (χ3n) is 8.88. The average Bonchev–Trinajstić information content (AvgIpc) is 3.73. The van der Waals surface area contributed by atoms with Gasteiger partial charge in [-0.25, -0.2) is 4.98 Å². The highest BCUT2D eigenvalue weighted by molar-refractivity contribution is 6.11. The van der Waals surface area contributed by atoms with Gasteiger partial charge in [-0.1, -0.05) is 78.9 Å². The number of pyridine rings is 1. The molecule has 4 nitrogen and oxygen atoms in total. The summed E-state index contributed by atoms with van der Waals surface area (Å²) in [5.41, 5.74) is 11.9. The molecule has 0 aliphatic rings. The molecule has 0 aliphatic carbocycles. The van der Waals surface area contributed by atoms with E-state index in [0.29, 0.717) is 0 Å². The molecule has 0 saturated carbocycles. The molecule has 200 valence electrons. The largest absolute Gasteiger partial charge is 0.456 e. The van der Waals surface area contributed by atoms with Crippen LogP contribution in [0.5, 0.6) is 0 Å². The number of para-hydroxylation sites is 4. The highest BCUT2D eigenvalue weighted by Crippen LogP contribution is 2.39. The van der Waals surface area contributed by atoms with Crippen LogP contribution in [0.3, 0.4) is 0 Å². The van der Waals surface area contributed by atoms with Crippen LogP contribution in [0, 0.1) is 0 Å². The number of aromatic nitrogens is 3. The third kappa shape index (κ3) is 3.12. The molecular weight excluding hydrogens is 526 g/mol. The summed E-state index contributed by atoms with van der Waals surface area (Å²) in [6, 6.07) is 49.6. The fraction of sp³-hybridized carbons (Fsp3) is 0. The Balaban J connectivity index is 1.31. The number of imidazole rings is 1. The normalized spacial score (nSPS) is 12.2. The molecule has 6 aromatic carbocycles. The lowest BCUT2D eigenvalue weighted by Gasteiger charge is -2.14. The van der Waals surface area contributed by atoms with E-state index in [2.05, 4.69) is 136 Å². The summed E-state index contributed by atoms with van der Waals surface area (Å²) in [5.74, 6) is 0. The van der Waals surface area contributed by atoms with Crippen molar-refractivity contribution in [1.82, 2.24) is 14.0 Å². The predicted molar refractivity (Wildman–Crippen MR) is 177 cm³/mol. The summed E-state index contributed by atoms with van der Waals surface area (Å²) in [6.07, 6.45) is 0. The zero-order valence-corrected chi connectivity index (χ0v) is 23.0. The van der Waals surface area contributed by atoms with Gasteiger partial charge in [0.1, 0.15) is 16.8 Å². The van der Waals surface area contributed by atoms with Crippen LogP contribution < -0.4 is 0 Å². The Morgan fingerprint density at radius 3 is 2.19 bits per heavy atom. The Bertz CT molecular complexity index is 2740. The number of benzene rings is 6. The van der Waals surface area contributed by atoms with Gasteiger partial charge in [-0.15, -0.1) is 0 Å². The van der Waals surface area contributed by atoms with E-state index in [0.717, 1.165) is 49.8 Å². The van der Waals surface area contributed by atoms with Gasteiger partial charge in [-0.05, 0) is 82.6 Å². The van der Waals surface area contributed by atoms with E-state index in [1.807, 2.05) is 12.1 Å². The molecule has 10 rings (SSSR count). The molecule has 0 spiro atoms. The summed E-state index contributed by atoms with van der Waals surface area (Å²) in [4.78, 5) is 4.94. The number of hydrogen-bond acceptors (Lipinski definition) is 2. The monoisotopic (exact) mass is 549 g/mol. The van der Waals surface area contributed by atoms with Crippen LogP contribution in [0.15, 0.2) is 144 Å². The second-order valence-corrected chi connectivity index (χ2v) is 11.2. The molecule has 0 aliphatic heterocycles. The van der Waals surface area contributed by atoms with Crippen LogP contribution in [0.25, 0.3) is 88.1 Å². The van der Waals surface area contributed by atoms with Gasteiger partial charge < -0.3 is 8.98 Å². The Morgan fingerprint density at radius 1 is 0.512 bits per heavy atom. The summed E-state index contributed by atoms with van der Waals surface area (Å²) in [5, 5.41) is 5.90. The van der Waals surface area contributed by atoms with Crippen LogP contribution in [0.1, 0.15) is 0 Å². The molecule has 4 aromatic heterocycles. The van der Waals surface area contributed by atoms with E-state index in [1.165, 1.54) is 38.3 Å². The molecule has 0 bridgehead atoms. The van der Waals surface area contributed by atoms with Crippen molar-refractivity contribution in [3.8, 4) is 16.8 Å². The molecule has 0 amide bonds. The van der Waals surface area contributed by atoms with Gasteiger partial charge in [0.25, 0.3) is 0 Å². The minimum Gasteiger partial charge on any atom is -0.456 e. The molecule has 0 atom stereocenters. The first-order chi connectivity index (χ1) is 21.3. The van der Waals surface area contributed by atoms with Crippen molar-refractivity contribution in [2.24, 2.45) is 0 Å². The fourth-order valence-corrected chi connectivity index (χ4v) is 7.01. The maximum absolute atomic E-state index is 6.16. The fourth-order valence-electron chi connectivity index (χ4n) is 7.01. The highest BCUT2D eigenvalue weighted by Gasteiger charge is 2.19. The number of fused-ring (bicyclic) bond motifs is 11. The minimum absolute atomic E-state index is 0.907. The number of rotatable bonds is 2. The molecule has 0 fully saturated rings. The Labute approximate surface area is 245 Å². The minimum atomic E-state index is 0.907. The molecule has 10 aromatic rings. The van der Waals surface area contributed by atoms with Crippen molar-refractivity contribution in [1.29, 1.82) is 0 Å². The molecule has 0 saturated heterocycles. The lowest BCUT2D eigenvalue weighted by atomic mass is 9.96. The zero-order chi connectivity index (χ0) is 28.1. The van der Waals surface area contributed by atoms with Crippen LogP contribution in [0.2, 0.25) is 0 Å². The van der Waals surface area contributed by atoms with Crippen molar-refractivity contribution in [2.45, 2.75) is 0 Å². The van der Waals surface area contributed by atoms with Crippen molar-refractivity contribution < 1.29 is 4.42 Å². The van der Waals surface area contributed by atoms with E-state index in [-0.39, 0.29) is 0 Å². The molecule has 0 unspecified atom stereocenters. The summed E-state index contributed by atoms with van der Waals surface area (Å²) in [7, 11) is 0.